The SMILES string of the molecule is CNC(C)(C)C(c1ccc(OC)c(Br)c1)N(C)C. The topological polar surface area (TPSA) is 24.5 Å². The predicted octanol–water partition coefficient (Wildman–Crippen LogP) is 3.06. The van der Waals surface area contributed by atoms with E-state index >= 15 is 0 Å². The van der Waals surface area contributed by atoms with Gasteiger partial charge in [0.1, 0.15) is 5.75 Å². The molecule has 3 nitrogen and oxygen atoms in total. The van der Waals surface area contributed by atoms with Gasteiger partial charge in [0.25, 0.3) is 0 Å². The normalized spacial score (nSPS) is 13.8. The molecule has 1 N–H and O–H groups in total. The number of nitrogens with one attached hydrogen (secondary N) is 1. The summed E-state index contributed by atoms with van der Waals surface area (Å²) in [6.45, 7) is 4.41. The first kappa shape index (κ1) is 15.5. The molecule has 0 fully saturated rings. The third-order valence-electron chi connectivity index (χ3n) is 3.34. The second-order valence-electron chi connectivity index (χ2n) is 5.23. The van der Waals surface area contributed by atoms with Crippen molar-refractivity contribution < 1.29 is 4.74 Å². The Labute approximate surface area is 119 Å². The maximum atomic E-state index is 5.28. The van der Waals surface area contributed by atoms with Crippen molar-refractivity contribution in [3.05, 3.63) is 28.2 Å². The molecule has 0 heterocycles. The summed E-state index contributed by atoms with van der Waals surface area (Å²) in [6.07, 6.45) is 0. The number of benzene rings is 1. The lowest BCUT2D eigenvalue weighted by Crippen LogP contribution is -2.48. The first-order chi connectivity index (χ1) is 8.33. The summed E-state index contributed by atoms with van der Waals surface area (Å²) in [6, 6.07) is 6.53. The average Bonchev–Trinajstić information content (AvgIpc) is 2.28. The summed E-state index contributed by atoms with van der Waals surface area (Å²) >= 11 is 3.55. The van der Waals surface area contributed by atoms with Crippen molar-refractivity contribution in [3.8, 4) is 5.75 Å². The van der Waals surface area contributed by atoms with Gasteiger partial charge in [-0.2, -0.15) is 0 Å². The van der Waals surface area contributed by atoms with E-state index in [1.807, 2.05) is 13.1 Å². The van der Waals surface area contributed by atoms with E-state index in [0.717, 1.165) is 10.2 Å². The lowest BCUT2D eigenvalue weighted by Gasteiger charge is -2.39. The van der Waals surface area contributed by atoms with Crippen molar-refractivity contribution in [2.24, 2.45) is 0 Å². The Morgan fingerprint density at radius 2 is 1.94 bits per heavy atom. The maximum Gasteiger partial charge on any atom is 0.133 e. The number of hydrogen-bond acceptors (Lipinski definition) is 3. The molecule has 1 atom stereocenters. The van der Waals surface area contributed by atoms with Crippen LogP contribution in [0, 0.1) is 0 Å². The molecule has 1 rings (SSSR count). The van der Waals surface area contributed by atoms with Crippen LogP contribution in [0.15, 0.2) is 22.7 Å². The molecule has 4 heteroatoms. The first-order valence-corrected chi connectivity index (χ1v) is 6.81. The first-order valence-electron chi connectivity index (χ1n) is 6.02. The summed E-state index contributed by atoms with van der Waals surface area (Å²) in [5, 5.41) is 3.38. The van der Waals surface area contributed by atoms with Gasteiger partial charge in [-0.05, 0) is 68.6 Å². The molecule has 0 aliphatic rings. The Balaban J connectivity index is 3.19. The van der Waals surface area contributed by atoms with Gasteiger partial charge in [0.2, 0.25) is 0 Å². The monoisotopic (exact) mass is 314 g/mol. The minimum absolute atomic E-state index is 0.0163. The number of likely N-dealkylation sites (N-methyl/N-ethyl adjacent to an activating group) is 2. The summed E-state index contributed by atoms with van der Waals surface area (Å²) in [5.74, 6) is 0.860. The summed E-state index contributed by atoms with van der Waals surface area (Å²) in [4.78, 5) is 2.23. The molecule has 1 unspecified atom stereocenters. The van der Waals surface area contributed by atoms with E-state index in [-0.39, 0.29) is 11.6 Å². The zero-order valence-corrected chi connectivity index (χ0v) is 13.6. The molecular formula is C14H23BrN2O. The van der Waals surface area contributed by atoms with Crippen molar-refractivity contribution in [1.29, 1.82) is 0 Å². The van der Waals surface area contributed by atoms with Crippen LogP contribution in [-0.4, -0.2) is 38.7 Å². The fourth-order valence-electron chi connectivity index (χ4n) is 2.35. The summed E-state index contributed by atoms with van der Waals surface area (Å²) in [5.41, 5.74) is 1.24. The zero-order chi connectivity index (χ0) is 13.9. The minimum Gasteiger partial charge on any atom is -0.496 e. The van der Waals surface area contributed by atoms with Crippen molar-refractivity contribution in [2.75, 3.05) is 28.3 Å². The van der Waals surface area contributed by atoms with Gasteiger partial charge in [-0.1, -0.05) is 6.07 Å². The van der Waals surface area contributed by atoms with E-state index in [1.165, 1.54) is 5.56 Å². The van der Waals surface area contributed by atoms with Crippen LogP contribution in [-0.2, 0) is 0 Å². The standard InChI is InChI=1S/C14H23BrN2O/c1-14(2,16-3)13(17(4)5)10-7-8-12(18-6)11(15)9-10/h7-9,13,16H,1-6H3. The Bertz CT molecular complexity index is 405. The van der Waals surface area contributed by atoms with E-state index in [0.29, 0.717) is 0 Å². The lowest BCUT2D eigenvalue weighted by molar-refractivity contribution is 0.177. The molecule has 0 saturated heterocycles. The second-order valence-corrected chi connectivity index (χ2v) is 6.09. The molecule has 0 radical (unpaired) electrons. The van der Waals surface area contributed by atoms with Gasteiger partial charge in [0, 0.05) is 5.54 Å². The Morgan fingerprint density at radius 3 is 2.33 bits per heavy atom. The molecular weight excluding hydrogens is 292 g/mol. The molecule has 0 spiro atoms. The Hall–Kier alpha value is -0.580. The van der Waals surface area contributed by atoms with E-state index in [4.69, 9.17) is 4.74 Å². The average molecular weight is 315 g/mol. The smallest absolute Gasteiger partial charge is 0.133 e. The molecule has 0 saturated carbocycles. The van der Waals surface area contributed by atoms with Crippen LogP contribution in [0.3, 0.4) is 0 Å². The number of ether oxygens (including phenoxy) is 1. The second kappa shape index (κ2) is 6.04. The van der Waals surface area contributed by atoms with Crippen molar-refractivity contribution in [3.63, 3.8) is 0 Å². The van der Waals surface area contributed by atoms with Crippen LogP contribution >= 0.6 is 15.9 Å². The van der Waals surface area contributed by atoms with Crippen molar-refractivity contribution in [1.82, 2.24) is 10.2 Å². The van der Waals surface area contributed by atoms with Crippen LogP contribution in [0.1, 0.15) is 25.5 Å². The molecule has 0 amide bonds. The number of nitrogens with zero attached hydrogens (tertiary/aromatic N) is 1. The van der Waals surface area contributed by atoms with Crippen molar-refractivity contribution >= 4 is 15.9 Å². The summed E-state index contributed by atoms with van der Waals surface area (Å²) in [7, 11) is 7.87. The number of rotatable bonds is 5. The third kappa shape index (κ3) is 3.25. The zero-order valence-electron chi connectivity index (χ0n) is 12.0. The highest BCUT2D eigenvalue weighted by Gasteiger charge is 2.31. The van der Waals surface area contributed by atoms with E-state index in [9.17, 15) is 0 Å². The molecule has 1 aromatic carbocycles. The van der Waals surface area contributed by atoms with Gasteiger partial charge in [-0.25, -0.2) is 0 Å². The predicted molar refractivity (Wildman–Crippen MR) is 80.3 cm³/mol. The quantitative estimate of drug-likeness (QED) is 0.904. The molecule has 0 bridgehead atoms. The van der Waals surface area contributed by atoms with Gasteiger partial charge in [0.05, 0.1) is 17.6 Å². The molecule has 0 aromatic heterocycles. The van der Waals surface area contributed by atoms with Crippen LogP contribution in [0.25, 0.3) is 0 Å². The van der Waals surface area contributed by atoms with Crippen LogP contribution in [0.5, 0.6) is 5.75 Å². The number of methoxy groups -OCH3 is 1. The summed E-state index contributed by atoms with van der Waals surface area (Å²) < 4.78 is 6.26. The van der Waals surface area contributed by atoms with Crippen molar-refractivity contribution in [2.45, 2.75) is 25.4 Å². The van der Waals surface area contributed by atoms with Gasteiger partial charge in [0.15, 0.2) is 0 Å². The molecule has 0 aliphatic carbocycles. The van der Waals surface area contributed by atoms with E-state index in [2.05, 4.69) is 66.2 Å². The van der Waals surface area contributed by atoms with Gasteiger partial charge < -0.3 is 15.0 Å². The minimum atomic E-state index is -0.0163. The van der Waals surface area contributed by atoms with Crippen LogP contribution in [0.4, 0.5) is 0 Å². The van der Waals surface area contributed by atoms with Gasteiger partial charge in [-0.3, -0.25) is 0 Å². The van der Waals surface area contributed by atoms with Crippen LogP contribution < -0.4 is 10.1 Å². The fourth-order valence-corrected chi connectivity index (χ4v) is 2.91. The Morgan fingerprint density at radius 1 is 1.33 bits per heavy atom. The molecule has 102 valence electrons. The van der Waals surface area contributed by atoms with Gasteiger partial charge in [-0.15, -0.1) is 0 Å². The third-order valence-corrected chi connectivity index (χ3v) is 3.96. The molecule has 0 aliphatic heterocycles. The van der Waals surface area contributed by atoms with E-state index < -0.39 is 0 Å². The lowest BCUT2D eigenvalue weighted by atomic mass is 9.88. The highest BCUT2D eigenvalue weighted by Crippen LogP contribution is 2.34. The van der Waals surface area contributed by atoms with E-state index in [1.54, 1.807) is 7.11 Å². The highest BCUT2D eigenvalue weighted by atomic mass is 79.9. The highest BCUT2D eigenvalue weighted by molar-refractivity contribution is 9.10. The van der Waals surface area contributed by atoms with Crippen LogP contribution in [0.2, 0.25) is 0 Å². The molecule has 1 aromatic rings. The molecule has 18 heavy (non-hydrogen) atoms. The Kier molecular flexibility index (Phi) is 5.20. The van der Waals surface area contributed by atoms with Gasteiger partial charge >= 0.3 is 0 Å². The number of halogens is 1. The maximum absolute atomic E-state index is 5.28. The largest absolute Gasteiger partial charge is 0.496 e. The number of hydrogen-bond donors (Lipinski definition) is 1. The fraction of sp³-hybridized carbons (Fsp3) is 0.571.